The lowest BCUT2D eigenvalue weighted by Crippen LogP contribution is -2.31. The van der Waals surface area contributed by atoms with Crippen LogP contribution in [0.2, 0.25) is 0 Å². The molecule has 62 valence electrons. The standard InChI is InChI=1S/C8H13NO2/c1-3-11-8(10)7-5-4-6(2)9-7/h7,9H,2-5H2,1H3/t7-/m0/s1. The van der Waals surface area contributed by atoms with Gasteiger partial charge in [0.2, 0.25) is 0 Å². The Kier molecular flexibility index (Phi) is 2.52. The van der Waals surface area contributed by atoms with Gasteiger partial charge in [0.05, 0.1) is 6.61 Å². The fraction of sp³-hybridized carbons (Fsp3) is 0.625. The molecule has 0 aromatic heterocycles. The zero-order valence-electron chi connectivity index (χ0n) is 6.72. The number of carbonyl (C=O) groups excluding carboxylic acids is 1. The molecule has 3 heteroatoms. The lowest BCUT2D eigenvalue weighted by atomic mass is 10.2. The van der Waals surface area contributed by atoms with Gasteiger partial charge in [0.1, 0.15) is 6.04 Å². The highest BCUT2D eigenvalue weighted by Crippen LogP contribution is 2.14. The van der Waals surface area contributed by atoms with Crippen molar-refractivity contribution < 1.29 is 9.53 Å². The smallest absolute Gasteiger partial charge is 0.328 e. The third-order valence-corrected chi connectivity index (χ3v) is 1.68. The van der Waals surface area contributed by atoms with Crippen LogP contribution in [0.25, 0.3) is 0 Å². The van der Waals surface area contributed by atoms with Crippen LogP contribution < -0.4 is 5.32 Å². The van der Waals surface area contributed by atoms with Crippen molar-refractivity contribution in [3.63, 3.8) is 0 Å². The summed E-state index contributed by atoms with van der Waals surface area (Å²) in [6, 6.07) is -0.151. The molecule has 1 N–H and O–H groups in total. The molecule has 0 saturated carbocycles. The molecule has 0 radical (unpaired) electrons. The second kappa shape index (κ2) is 3.42. The Labute approximate surface area is 66.4 Å². The van der Waals surface area contributed by atoms with E-state index in [-0.39, 0.29) is 12.0 Å². The molecule has 0 aliphatic carbocycles. The van der Waals surface area contributed by atoms with Gasteiger partial charge >= 0.3 is 5.97 Å². The van der Waals surface area contributed by atoms with Gasteiger partial charge < -0.3 is 10.1 Å². The highest BCUT2D eigenvalue weighted by atomic mass is 16.5. The first-order chi connectivity index (χ1) is 5.24. The molecule has 0 amide bonds. The van der Waals surface area contributed by atoms with Gasteiger partial charge in [-0.3, -0.25) is 0 Å². The van der Waals surface area contributed by atoms with Crippen molar-refractivity contribution in [3.8, 4) is 0 Å². The van der Waals surface area contributed by atoms with Gasteiger partial charge in [-0.15, -0.1) is 0 Å². The largest absolute Gasteiger partial charge is 0.464 e. The quantitative estimate of drug-likeness (QED) is 0.600. The molecule has 1 rings (SSSR count). The molecule has 1 aliphatic rings. The van der Waals surface area contributed by atoms with E-state index in [0.29, 0.717) is 6.61 Å². The molecule has 1 saturated heterocycles. The fourth-order valence-electron chi connectivity index (χ4n) is 1.13. The number of carbonyl (C=O) groups is 1. The summed E-state index contributed by atoms with van der Waals surface area (Å²) in [5.74, 6) is -0.161. The van der Waals surface area contributed by atoms with Crippen LogP contribution in [0.3, 0.4) is 0 Å². The number of hydrogen-bond acceptors (Lipinski definition) is 3. The van der Waals surface area contributed by atoms with Gasteiger partial charge in [0.15, 0.2) is 0 Å². The maximum atomic E-state index is 11.1. The van der Waals surface area contributed by atoms with Crippen molar-refractivity contribution in [3.05, 3.63) is 12.3 Å². The number of esters is 1. The first-order valence-electron chi connectivity index (χ1n) is 3.85. The lowest BCUT2D eigenvalue weighted by molar-refractivity contribution is -0.145. The van der Waals surface area contributed by atoms with Gasteiger partial charge in [-0.1, -0.05) is 6.58 Å². The molecule has 0 aromatic rings. The van der Waals surface area contributed by atoms with Crippen LogP contribution in [-0.2, 0) is 9.53 Å². The van der Waals surface area contributed by atoms with Gasteiger partial charge in [0.25, 0.3) is 0 Å². The van der Waals surface area contributed by atoms with E-state index < -0.39 is 0 Å². The number of ether oxygens (including phenoxy) is 1. The van der Waals surface area contributed by atoms with E-state index in [0.717, 1.165) is 18.5 Å². The number of nitrogens with one attached hydrogen (secondary N) is 1. The number of rotatable bonds is 2. The monoisotopic (exact) mass is 155 g/mol. The van der Waals surface area contributed by atoms with Crippen LogP contribution in [-0.4, -0.2) is 18.6 Å². The van der Waals surface area contributed by atoms with Gasteiger partial charge in [-0.2, -0.15) is 0 Å². The van der Waals surface area contributed by atoms with Crippen LogP contribution in [0.5, 0.6) is 0 Å². The summed E-state index contributed by atoms with van der Waals surface area (Å²) in [5, 5.41) is 2.97. The Balaban J connectivity index is 2.37. The second-order valence-corrected chi connectivity index (χ2v) is 2.59. The molecule has 1 aliphatic heterocycles. The Bertz CT molecular complexity index is 177. The summed E-state index contributed by atoms with van der Waals surface area (Å²) in [6.45, 7) is 5.98. The maximum absolute atomic E-state index is 11.1. The van der Waals surface area contributed by atoms with E-state index in [2.05, 4.69) is 11.9 Å². The molecule has 0 bridgehead atoms. The molecule has 0 aromatic carbocycles. The summed E-state index contributed by atoms with van der Waals surface area (Å²) in [5.41, 5.74) is 0.933. The third kappa shape index (κ3) is 1.97. The van der Waals surface area contributed by atoms with E-state index in [1.54, 1.807) is 0 Å². The van der Waals surface area contributed by atoms with Crippen LogP contribution in [0, 0.1) is 0 Å². The highest BCUT2D eigenvalue weighted by molar-refractivity contribution is 5.76. The van der Waals surface area contributed by atoms with E-state index in [1.165, 1.54) is 0 Å². The van der Waals surface area contributed by atoms with Crippen molar-refractivity contribution in [1.29, 1.82) is 0 Å². The van der Waals surface area contributed by atoms with Gasteiger partial charge in [0, 0.05) is 5.70 Å². The van der Waals surface area contributed by atoms with Gasteiger partial charge in [-0.25, -0.2) is 4.79 Å². The molecule has 0 unspecified atom stereocenters. The first-order valence-corrected chi connectivity index (χ1v) is 3.85. The summed E-state index contributed by atoms with van der Waals surface area (Å²) < 4.78 is 4.83. The Morgan fingerprint density at radius 1 is 1.91 bits per heavy atom. The number of allylic oxidation sites excluding steroid dienone is 1. The fourth-order valence-corrected chi connectivity index (χ4v) is 1.13. The Morgan fingerprint density at radius 2 is 2.64 bits per heavy atom. The van der Waals surface area contributed by atoms with E-state index in [4.69, 9.17) is 4.74 Å². The maximum Gasteiger partial charge on any atom is 0.328 e. The molecule has 1 heterocycles. The minimum absolute atomic E-state index is 0.151. The average molecular weight is 155 g/mol. The zero-order chi connectivity index (χ0) is 8.27. The topological polar surface area (TPSA) is 38.3 Å². The van der Waals surface area contributed by atoms with Crippen molar-refractivity contribution in [2.24, 2.45) is 0 Å². The summed E-state index contributed by atoms with van der Waals surface area (Å²) in [4.78, 5) is 11.1. The zero-order valence-corrected chi connectivity index (χ0v) is 6.72. The van der Waals surface area contributed by atoms with Crippen LogP contribution >= 0.6 is 0 Å². The van der Waals surface area contributed by atoms with Crippen molar-refractivity contribution >= 4 is 5.97 Å². The SMILES string of the molecule is C=C1CC[C@@H](C(=O)OCC)N1. The lowest BCUT2D eigenvalue weighted by Gasteiger charge is -2.08. The first kappa shape index (κ1) is 8.11. The summed E-state index contributed by atoms with van der Waals surface area (Å²) in [7, 11) is 0. The molecule has 1 fully saturated rings. The van der Waals surface area contributed by atoms with Crippen molar-refractivity contribution in [2.45, 2.75) is 25.8 Å². The van der Waals surface area contributed by atoms with Crippen LogP contribution in [0.1, 0.15) is 19.8 Å². The Hall–Kier alpha value is -0.990. The molecule has 3 nitrogen and oxygen atoms in total. The predicted molar refractivity (Wildman–Crippen MR) is 41.9 cm³/mol. The highest BCUT2D eigenvalue weighted by Gasteiger charge is 2.24. The third-order valence-electron chi connectivity index (χ3n) is 1.68. The molecule has 1 atom stereocenters. The van der Waals surface area contributed by atoms with Crippen LogP contribution in [0.15, 0.2) is 12.3 Å². The predicted octanol–water partition coefficient (Wildman–Crippen LogP) is 0.815. The van der Waals surface area contributed by atoms with Crippen molar-refractivity contribution in [1.82, 2.24) is 5.32 Å². The Morgan fingerprint density at radius 3 is 3.09 bits per heavy atom. The summed E-state index contributed by atoms with van der Waals surface area (Å²) in [6.07, 6.45) is 1.70. The van der Waals surface area contributed by atoms with E-state index >= 15 is 0 Å². The average Bonchev–Trinajstić information content (AvgIpc) is 2.36. The van der Waals surface area contributed by atoms with E-state index in [1.807, 2.05) is 6.92 Å². The normalized spacial score (nSPS) is 23.0. The minimum atomic E-state index is -0.161. The van der Waals surface area contributed by atoms with E-state index in [9.17, 15) is 4.79 Å². The van der Waals surface area contributed by atoms with Gasteiger partial charge in [-0.05, 0) is 19.8 Å². The molecular formula is C8H13NO2. The van der Waals surface area contributed by atoms with Crippen molar-refractivity contribution in [2.75, 3.05) is 6.61 Å². The molecular weight excluding hydrogens is 142 g/mol. The number of hydrogen-bond donors (Lipinski definition) is 1. The molecule has 11 heavy (non-hydrogen) atoms. The second-order valence-electron chi connectivity index (χ2n) is 2.59. The minimum Gasteiger partial charge on any atom is -0.464 e. The van der Waals surface area contributed by atoms with Crippen LogP contribution in [0.4, 0.5) is 0 Å². The summed E-state index contributed by atoms with van der Waals surface area (Å²) >= 11 is 0. The molecule has 0 spiro atoms.